The Morgan fingerprint density at radius 3 is 2.74 bits per heavy atom. The van der Waals surface area contributed by atoms with Crippen molar-refractivity contribution in [3.8, 4) is 0 Å². The van der Waals surface area contributed by atoms with Gasteiger partial charge in [-0.1, -0.05) is 0 Å². The fraction of sp³-hybridized carbons (Fsp3) is 0.455. The summed E-state index contributed by atoms with van der Waals surface area (Å²) in [5.41, 5.74) is 2.43. The average molecular weight is 264 g/mol. The molecule has 2 rings (SSSR count). The van der Waals surface area contributed by atoms with E-state index in [0.717, 1.165) is 4.90 Å². The zero-order valence-corrected chi connectivity index (χ0v) is 10.8. The predicted octanol–water partition coefficient (Wildman–Crippen LogP) is -0.370. The Bertz CT molecular complexity index is 518. The van der Waals surface area contributed by atoms with Gasteiger partial charge in [0, 0.05) is 19.5 Å². The van der Waals surface area contributed by atoms with Gasteiger partial charge in [0.15, 0.2) is 0 Å². The number of hydrogen-bond acceptors (Lipinski definition) is 7. The number of nitrogens with zero attached hydrogens (tertiary/aromatic N) is 3. The van der Waals surface area contributed by atoms with E-state index in [0.29, 0.717) is 30.3 Å². The van der Waals surface area contributed by atoms with Gasteiger partial charge in [-0.05, 0) is 13.3 Å². The Labute approximate surface area is 110 Å². The highest BCUT2D eigenvalue weighted by atomic mass is 16.2. The first-order valence-corrected chi connectivity index (χ1v) is 5.90. The lowest BCUT2D eigenvalue weighted by Gasteiger charge is -2.28. The number of carbonyl (C=O) groups excluding carboxylic acids is 2. The van der Waals surface area contributed by atoms with Crippen molar-refractivity contribution < 1.29 is 9.59 Å². The molecule has 2 heterocycles. The molecule has 0 saturated carbocycles. The lowest BCUT2D eigenvalue weighted by atomic mass is 10.0. The van der Waals surface area contributed by atoms with Gasteiger partial charge in [0.2, 0.25) is 5.91 Å². The summed E-state index contributed by atoms with van der Waals surface area (Å²) in [6.07, 6.45) is 0.794. The van der Waals surface area contributed by atoms with Crippen LogP contribution in [0, 0.1) is 6.92 Å². The Morgan fingerprint density at radius 2 is 2.05 bits per heavy atom. The Morgan fingerprint density at radius 1 is 1.37 bits per heavy atom. The van der Waals surface area contributed by atoms with Crippen LogP contribution in [-0.4, -0.2) is 39.8 Å². The number of nitrogens with one attached hydrogen (secondary N) is 2. The van der Waals surface area contributed by atoms with E-state index in [9.17, 15) is 9.59 Å². The maximum atomic E-state index is 11.9. The first-order valence-electron chi connectivity index (χ1n) is 5.90. The Balaban J connectivity index is 2.15. The van der Waals surface area contributed by atoms with Gasteiger partial charge < -0.3 is 10.7 Å². The van der Waals surface area contributed by atoms with Crippen molar-refractivity contribution in [2.75, 3.05) is 17.8 Å². The number of rotatable bonds is 3. The van der Waals surface area contributed by atoms with Gasteiger partial charge in [-0.3, -0.25) is 14.5 Å². The lowest BCUT2D eigenvalue weighted by Crippen LogP contribution is -2.48. The van der Waals surface area contributed by atoms with E-state index in [-0.39, 0.29) is 11.8 Å². The molecule has 0 aliphatic carbocycles. The third-order valence-corrected chi connectivity index (χ3v) is 2.96. The minimum absolute atomic E-state index is 0.161. The van der Waals surface area contributed by atoms with Crippen LogP contribution < -0.4 is 16.6 Å². The van der Waals surface area contributed by atoms with Gasteiger partial charge in [-0.15, -0.1) is 0 Å². The first kappa shape index (κ1) is 13.2. The number of aromatic nitrogens is 2. The van der Waals surface area contributed by atoms with Crippen LogP contribution in [0.15, 0.2) is 6.07 Å². The fourth-order valence-electron chi connectivity index (χ4n) is 1.94. The van der Waals surface area contributed by atoms with Gasteiger partial charge in [0.25, 0.3) is 5.91 Å². The number of likely N-dealkylation sites (tertiary alicyclic amines) is 1. The molecule has 0 bridgehead atoms. The first-order chi connectivity index (χ1) is 9.01. The standard InChI is InChI=1S/C11H16N6O2/c1-6-13-8(5-9(14-6)16-12)15-7-3-4-10(18)17(2)11(7)19/h5,7H,3-4,12H2,1-2H3,(H2,13,14,15,16). The van der Waals surface area contributed by atoms with Crippen LogP contribution in [0.3, 0.4) is 0 Å². The van der Waals surface area contributed by atoms with Crippen LogP contribution >= 0.6 is 0 Å². The molecule has 1 saturated heterocycles. The molecule has 2 amide bonds. The predicted molar refractivity (Wildman–Crippen MR) is 69.0 cm³/mol. The number of hydrogen-bond donors (Lipinski definition) is 3. The molecule has 1 aliphatic heterocycles. The van der Waals surface area contributed by atoms with Crippen LogP contribution in [0.4, 0.5) is 11.6 Å². The number of aryl methyl sites for hydroxylation is 1. The van der Waals surface area contributed by atoms with E-state index in [1.165, 1.54) is 7.05 Å². The summed E-state index contributed by atoms with van der Waals surface area (Å²) >= 11 is 0. The smallest absolute Gasteiger partial charge is 0.251 e. The van der Waals surface area contributed by atoms with E-state index in [1.54, 1.807) is 13.0 Å². The number of nitrogen functional groups attached to an aromatic ring is 1. The van der Waals surface area contributed by atoms with E-state index in [1.807, 2.05) is 0 Å². The monoisotopic (exact) mass is 264 g/mol. The summed E-state index contributed by atoms with van der Waals surface area (Å²) in [7, 11) is 1.48. The van der Waals surface area contributed by atoms with E-state index < -0.39 is 6.04 Å². The molecule has 1 atom stereocenters. The number of piperidine rings is 1. The number of amides is 2. The van der Waals surface area contributed by atoms with Crippen LogP contribution in [0.5, 0.6) is 0 Å². The molecule has 8 nitrogen and oxygen atoms in total. The van der Waals surface area contributed by atoms with Crippen molar-refractivity contribution in [3.63, 3.8) is 0 Å². The highest BCUT2D eigenvalue weighted by Crippen LogP contribution is 2.17. The second-order valence-electron chi connectivity index (χ2n) is 4.36. The van der Waals surface area contributed by atoms with Crippen LogP contribution in [0.1, 0.15) is 18.7 Å². The minimum Gasteiger partial charge on any atom is -0.358 e. The molecule has 1 aliphatic rings. The van der Waals surface area contributed by atoms with Crippen molar-refractivity contribution in [3.05, 3.63) is 11.9 Å². The molecule has 0 radical (unpaired) electrons. The Hall–Kier alpha value is -2.22. The second kappa shape index (κ2) is 5.19. The van der Waals surface area contributed by atoms with Crippen molar-refractivity contribution in [1.82, 2.24) is 14.9 Å². The summed E-state index contributed by atoms with van der Waals surface area (Å²) in [6.45, 7) is 1.73. The largest absolute Gasteiger partial charge is 0.358 e. The molecule has 0 aromatic carbocycles. The van der Waals surface area contributed by atoms with Crippen molar-refractivity contribution in [2.45, 2.75) is 25.8 Å². The molecule has 8 heteroatoms. The van der Waals surface area contributed by atoms with Crippen molar-refractivity contribution in [2.24, 2.45) is 5.84 Å². The number of carbonyl (C=O) groups is 2. The van der Waals surface area contributed by atoms with Crippen molar-refractivity contribution in [1.29, 1.82) is 0 Å². The molecule has 1 fully saturated rings. The zero-order chi connectivity index (χ0) is 14.0. The van der Waals surface area contributed by atoms with Crippen LogP contribution in [0.2, 0.25) is 0 Å². The summed E-state index contributed by atoms with van der Waals surface area (Å²) in [5.74, 6) is 6.38. The maximum absolute atomic E-state index is 11.9. The number of nitrogens with two attached hydrogens (primary N) is 1. The van der Waals surface area contributed by atoms with Crippen LogP contribution in [-0.2, 0) is 9.59 Å². The van der Waals surface area contributed by atoms with Gasteiger partial charge in [0.05, 0.1) is 0 Å². The molecule has 1 aromatic heterocycles. The minimum atomic E-state index is -0.456. The van der Waals surface area contributed by atoms with E-state index in [2.05, 4.69) is 20.7 Å². The van der Waals surface area contributed by atoms with Crippen molar-refractivity contribution >= 4 is 23.5 Å². The zero-order valence-electron chi connectivity index (χ0n) is 10.8. The van der Waals surface area contributed by atoms with E-state index >= 15 is 0 Å². The topological polar surface area (TPSA) is 113 Å². The maximum Gasteiger partial charge on any atom is 0.251 e. The summed E-state index contributed by atoms with van der Waals surface area (Å²) in [6, 6.07) is 1.15. The van der Waals surface area contributed by atoms with Crippen LogP contribution in [0.25, 0.3) is 0 Å². The number of imide groups is 1. The van der Waals surface area contributed by atoms with Gasteiger partial charge in [-0.25, -0.2) is 15.8 Å². The molecule has 102 valence electrons. The molecule has 4 N–H and O–H groups in total. The Kier molecular flexibility index (Phi) is 3.61. The molecule has 1 aromatic rings. The van der Waals surface area contributed by atoms with Gasteiger partial charge >= 0.3 is 0 Å². The molecule has 1 unspecified atom stereocenters. The number of hydrazine groups is 1. The molecule has 0 spiro atoms. The van der Waals surface area contributed by atoms with Gasteiger partial charge in [-0.2, -0.15) is 0 Å². The third-order valence-electron chi connectivity index (χ3n) is 2.96. The van der Waals surface area contributed by atoms with E-state index in [4.69, 9.17) is 5.84 Å². The fourth-order valence-corrected chi connectivity index (χ4v) is 1.94. The molecular formula is C11H16N6O2. The normalized spacial score (nSPS) is 19.5. The summed E-state index contributed by atoms with van der Waals surface area (Å²) in [4.78, 5) is 32.7. The third kappa shape index (κ3) is 2.79. The second-order valence-corrected chi connectivity index (χ2v) is 4.36. The average Bonchev–Trinajstić information content (AvgIpc) is 2.39. The van der Waals surface area contributed by atoms with Gasteiger partial charge in [0.1, 0.15) is 23.5 Å². The number of anilines is 2. The highest BCUT2D eigenvalue weighted by molar-refractivity contribution is 6.01. The molecular weight excluding hydrogens is 248 g/mol. The number of likely N-dealkylation sites (N-methyl/N-ethyl adjacent to an activating group) is 1. The SMILES string of the molecule is Cc1nc(NN)cc(NC2CCC(=O)N(C)C2=O)n1. The highest BCUT2D eigenvalue weighted by Gasteiger charge is 2.31. The summed E-state index contributed by atoms with van der Waals surface area (Å²) < 4.78 is 0. The quantitative estimate of drug-likeness (QED) is 0.388. The molecule has 19 heavy (non-hydrogen) atoms. The summed E-state index contributed by atoms with van der Waals surface area (Å²) in [5, 5.41) is 3.01. The lowest BCUT2D eigenvalue weighted by molar-refractivity contribution is -0.146.